The van der Waals surface area contributed by atoms with E-state index in [4.69, 9.17) is 10.1 Å². The normalized spacial score (nSPS) is 19.1. The van der Waals surface area contributed by atoms with Gasteiger partial charge in [0, 0.05) is 56.7 Å². The molecule has 284 valence electrons. The number of thiazole rings is 1. The van der Waals surface area contributed by atoms with Crippen molar-refractivity contribution in [2.45, 2.75) is 111 Å². The molecule has 0 bridgehead atoms. The standard InChI is InChI=1S/C32H47FN4O2S.C6H6.C2H6O.C2H6/c1-3-16-37(32-34-29(23(2)40-32)20-24-9-11-27(33)12-10-24)28-14-17-35(18-15-28)21-25-13-19-36(22-25)30(31(38)39)26-7-5-4-6-8-26;1-2-4-6-5-3-1;1-2-3;1-2/h9-12,25-26,28,30H,3-8,13-22H2,1-2H3,(H,38,39);1-6H;3H,2H2,1H3;1-2H3. The van der Waals surface area contributed by atoms with Crippen LogP contribution in [0, 0.1) is 24.6 Å². The number of aliphatic hydroxyl groups is 1. The van der Waals surface area contributed by atoms with E-state index < -0.39 is 5.97 Å². The number of aromatic nitrogens is 1. The van der Waals surface area contributed by atoms with Gasteiger partial charge in [-0.1, -0.05) is 88.6 Å². The lowest BCUT2D eigenvalue weighted by atomic mass is 9.83. The van der Waals surface area contributed by atoms with Crippen molar-refractivity contribution in [2.24, 2.45) is 11.8 Å². The Morgan fingerprint density at radius 2 is 1.53 bits per heavy atom. The van der Waals surface area contributed by atoms with Crippen molar-refractivity contribution in [1.29, 1.82) is 0 Å². The lowest BCUT2D eigenvalue weighted by Gasteiger charge is -2.39. The van der Waals surface area contributed by atoms with Gasteiger partial charge in [-0.25, -0.2) is 9.37 Å². The number of carboxylic acids is 1. The van der Waals surface area contributed by atoms with Crippen LogP contribution < -0.4 is 4.90 Å². The van der Waals surface area contributed by atoms with Crippen molar-refractivity contribution in [3.63, 3.8) is 0 Å². The fourth-order valence-electron chi connectivity index (χ4n) is 7.70. The maximum atomic E-state index is 13.3. The SMILES string of the molecule is CC.CCCN(c1nc(Cc2ccc(F)cc2)c(C)s1)C1CCN(CC2CCN(C(C(=O)O)C3CCCCC3)C2)CC1.CCO.c1ccccc1. The minimum atomic E-state index is -0.609. The highest BCUT2D eigenvalue weighted by atomic mass is 32.1. The Balaban J connectivity index is 0.000000556. The van der Waals surface area contributed by atoms with Gasteiger partial charge in [0.25, 0.3) is 0 Å². The second kappa shape index (κ2) is 23.7. The van der Waals surface area contributed by atoms with Gasteiger partial charge >= 0.3 is 5.97 Å². The molecule has 3 fully saturated rings. The first kappa shape index (κ1) is 42.6. The number of rotatable bonds is 11. The number of aliphatic hydroxyl groups excluding tert-OH is 1. The van der Waals surface area contributed by atoms with Crippen molar-refractivity contribution < 1.29 is 19.4 Å². The van der Waals surface area contributed by atoms with E-state index in [1.165, 1.54) is 36.3 Å². The van der Waals surface area contributed by atoms with E-state index in [0.29, 0.717) is 17.9 Å². The molecule has 0 radical (unpaired) electrons. The molecule has 2 atom stereocenters. The minimum Gasteiger partial charge on any atom is -0.480 e. The monoisotopic (exact) mass is 724 g/mol. The Morgan fingerprint density at radius 1 is 0.941 bits per heavy atom. The van der Waals surface area contributed by atoms with Crippen molar-refractivity contribution in [3.05, 3.63) is 82.6 Å². The van der Waals surface area contributed by atoms with Gasteiger partial charge < -0.3 is 20.0 Å². The zero-order valence-electron chi connectivity index (χ0n) is 32.0. The van der Waals surface area contributed by atoms with Crippen LogP contribution in [0.5, 0.6) is 0 Å². The van der Waals surface area contributed by atoms with Gasteiger partial charge in [-0.05, 0) is 88.4 Å². The Hall–Kier alpha value is -2.85. The molecule has 3 aliphatic rings. The van der Waals surface area contributed by atoms with Crippen LogP contribution in [0.2, 0.25) is 0 Å². The van der Waals surface area contributed by atoms with E-state index >= 15 is 0 Å². The van der Waals surface area contributed by atoms with E-state index in [-0.39, 0.29) is 18.5 Å². The van der Waals surface area contributed by atoms with Crippen molar-refractivity contribution in [3.8, 4) is 0 Å². The first-order valence-electron chi connectivity index (χ1n) is 19.6. The smallest absolute Gasteiger partial charge is 0.321 e. The van der Waals surface area contributed by atoms with Crippen LogP contribution in [0.1, 0.15) is 102 Å². The predicted molar refractivity (Wildman–Crippen MR) is 211 cm³/mol. The summed E-state index contributed by atoms with van der Waals surface area (Å²) in [5, 5.41) is 18.7. The summed E-state index contributed by atoms with van der Waals surface area (Å²) in [5.74, 6) is 0.0945. The largest absolute Gasteiger partial charge is 0.480 e. The fraction of sp³-hybridized carbons (Fsp3) is 0.619. The number of hydrogen-bond donors (Lipinski definition) is 2. The Labute approximate surface area is 311 Å². The average molecular weight is 725 g/mol. The number of aryl methyl sites for hydroxylation is 1. The van der Waals surface area contributed by atoms with Crippen LogP contribution in [0.25, 0.3) is 0 Å². The number of likely N-dealkylation sites (tertiary alicyclic amines) is 2. The van der Waals surface area contributed by atoms with Gasteiger partial charge in [-0.15, -0.1) is 11.3 Å². The molecule has 51 heavy (non-hydrogen) atoms. The van der Waals surface area contributed by atoms with Gasteiger partial charge in [-0.3, -0.25) is 9.69 Å². The molecule has 1 aromatic heterocycles. The topological polar surface area (TPSA) is 80.1 Å². The molecule has 1 saturated carbocycles. The number of piperidine rings is 1. The van der Waals surface area contributed by atoms with Crippen molar-refractivity contribution in [2.75, 3.05) is 50.8 Å². The number of anilines is 1. The molecule has 2 unspecified atom stereocenters. The quantitative estimate of drug-likeness (QED) is 0.205. The van der Waals surface area contributed by atoms with Crippen LogP contribution in [0.3, 0.4) is 0 Å². The van der Waals surface area contributed by atoms with E-state index in [2.05, 4.69) is 28.5 Å². The van der Waals surface area contributed by atoms with Crippen LogP contribution in [-0.2, 0) is 11.2 Å². The molecule has 7 nitrogen and oxygen atoms in total. The zero-order valence-corrected chi connectivity index (χ0v) is 32.8. The third-order valence-electron chi connectivity index (χ3n) is 10.1. The highest BCUT2D eigenvalue weighted by Crippen LogP contribution is 2.34. The molecule has 2 saturated heterocycles. The van der Waals surface area contributed by atoms with Crippen LogP contribution in [-0.4, -0.2) is 88.9 Å². The summed E-state index contributed by atoms with van der Waals surface area (Å²) in [6.45, 7) is 16.5. The molecule has 0 amide bonds. The summed E-state index contributed by atoms with van der Waals surface area (Å²) < 4.78 is 13.3. The molecule has 2 N–H and O–H groups in total. The lowest BCUT2D eigenvalue weighted by Crippen LogP contribution is -2.47. The van der Waals surface area contributed by atoms with Gasteiger partial charge in [0.2, 0.25) is 0 Å². The van der Waals surface area contributed by atoms with Gasteiger partial charge in [0.15, 0.2) is 5.13 Å². The molecule has 3 aromatic rings. The van der Waals surface area contributed by atoms with E-state index in [9.17, 15) is 14.3 Å². The summed E-state index contributed by atoms with van der Waals surface area (Å²) in [6.07, 6.45) is 11.0. The summed E-state index contributed by atoms with van der Waals surface area (Å²) in [7, 11) is 0. The van der Waals surface area contributed by atoms with E-state index in [0.717, 1.165) is 101 Å². The maximum absolute atomic E-state index is 13.3. The number of carboxylic acid groups (broad SMARTS) is 1. The number of halogens is 1. The molecule has 3 heterocycles. The van der Waals surface area contributed by atoms with Gasteiger partial charge in [0.05, 0.1) is 5.69 Å². The first-order chi connectivity index (χ1) is 24.8. The number of hydrogen-bond acceptors (Lipinski definition) is 7. The average Bonchev–Trinajstić information content (AvgIpc) is 3.76. The number of nitrogens with zero attached hydrogens (tertiary/aromatic N) is 4. The first-order valence-corrected chi connectivity index (χ1v) is 20.4. The zero-order chi connectivity index (χ0) is 37.0. The summed E-state index contributed by atoms with van der Waals surface area (Å²) in [5.41, 5.74) is 2.19. The molecule has 0 spiro atoms. The molecule has 9 heteroatoms. The molecular weight excluding hydrogens is 660 g/mol. The number of aliphatic carboxylic acids is 1. The maximum Gasteiger partial charge on any atom is 0.321 e. The summed E-state index contributed by atoms with van der Waals surface area (Å²) in [6, 6.07) is 19.0. The van der Waals surface area contributed by atoms with Gasteiger partial charge in [0.1, 0.15) is 11.9 Å². The summed E-state index contributed by atoms with van der Waals surface area (Å²) >= 11 is 1.80. The van der Waals surface area contributed by atoms with Crippen LogP contribution in [0.15, 0.2) is 60.7 Å². The van der Waals surface area contributed by atoms with Crippen LogP contribution >= 0.6 is 11.3 Å². The number of benzene rings is 2. The van der Waals surface area contributed by atoms with Crippen molar-refractivity contribution in [1.82, 2.24) is 14.8 Å². The lowest BCUT2D eigenvalue weighted by molar-refractivity contribution is -0.145. The number of carbonyl (C=O) groups is 1. The second-order valence-electron chi connectivity index (χ2n) is 13.8. The van der Waals surface area contributed by atoms with E-state index in [1.807, 2.05) is 62.4 Å². The van der Waals surface area contributed by atoms with Crippen LogP contribution in [0.4, 0.5) is 9.52 Å². The highest BCUT2D eigenvalue weighted by molar-refractivity contribution is 7.15. The third kappa shape index (κ3) is 13.9. The van der Waals surface area contributed by atoms with Gasteiger partial charge in [-0.2, -0.15) is 0 Å². The molecule has 6 rings (SSSR count). The molecular formula is C42H65FN4O3S. The Morgan fingerprint density at radius 3 is 2.08 bits per heavy atom. The Kier molecular flexibility index (Phi) is 19.7. The third-order valence-corrected chi connectivity index (χ3v) is 11.2. The highest BCUT2D eigenvalue weighted by Gasteiger charge is 2.39. The van der Waals surface area contributed by atoms with E-state index in [1.54, 1.807) is 18.3 Å². The molecule has 1 aliphatic carbocycles. The fourth-order valence-corrected chi connectivity index (χ4v) is 8.73. The molecule has 2 aliphatic heterocycles. The summed E-state index contributed by atoms with van der Waals surface area (Å²) in [4.78, 5) is 26.0. The minimum absolute atomic E-state index is 0.200. The van der Waals surface area contributed by atoms with Crippen molar-refractivity contribution >= 4 is 22.4 Å². The second-order valence-corrected chi connectivity index (χ2v) is 15.0. The Bertz CT molecular complexity index is 1320. The molecule has 2 aromatic carbocycles. The predicted octanol–water partition coefficient (Wildman–Crippen LogP) is 8.93.